The molecular weight excluding hydrogens is 302 g/mol. The van der Waals surface area contributed by atoms with Crippen LogP contribution in [0.25, 0.3) is 0 Å². The molecule has 1 atom stereocenters. The lowest BCUT2D eigenvalue weighted by Crippen LogP contribution is -2.43. The summed E-state index contributed by atoms with van der Waals surface area (Å²) in [5.74, 6) is 0.343. The molecule has 5 heteroatoms. The van der Waals surface area contributed by atoms with Crippen molar-refractivity contribution in [2.24, 2.45) is 0 Å². The zero-order valence-electron chi connectivity index (χ0n) is 14.6. The van der Waals surface area contributed by atoms with E-state index in [4.69, 9.17) is 4.52 Å². The van der Waals surface area contributed by atoms with E-state index in [1.54, 1.807) is 6.07 Å². The van der Waals surface area contributed by atoms with Crippen LogP contribution in [0.1, 0.15) is 54.1 Å². The van der Waals surface area contributed by atoms with Crippen LogP contribution in [0.3, 0.4) is 0 Å². The molecule has 128 valence electrons. The third-order valence-corrected chi connectivity index (χ3v) is 4.46. The second-order valence-electron chi connectivity index (χ2n) is 6.90. The van der Waals surface area contributed by atoms with Gasteiger partial charge in [0.1, 0.15) is 0 Å². The smallest absolute Gasteiger partial charge is 0.290 e. The van der Waals surface area contributed by atoms with Crippen LogP contribution in [0.4, 0.5) is 0 Å². The Kier molecular flexibility index (Phi) is 5.00. The zero-order chi connectivity index (χ0) is 17.1. The Morgan fingerprint density at radius 3 is 2.75 bits per heavy atom. The number of carbonyl (C=O) groups is 1. The molecule has 0 fully saturated rings. The van der Waals surface area contributed by atoms with Gasteiger partial charge in [0.25, 0.3) is 5.91 Å². The lowest BCUT2D eigenvalue weighted by Gasteiger charge is -2.30. The number of hydrogen-bond acceptors (Lipinski definition) is 4. The van der Waals surface area contributed by atoms with E-state index in [1.807, 2.05) is 20.8 Å². The van der Waals surface area contributed by atoms with E-state index in [-0.39, 0.29) is 23.6 Å². The maximum absolute atomic E-state index is 12.3. The minimum atomic E-state index is -0.195. The minimum Gasteiger partial charge on any atom is -0.351 e. The van der Waals surface area contributed by atoms with Gasteiger partial charge in [-0.25, -0.2) is 0 Å². The minimum absolute atomic E-state index is 0.0513. The van der Waals surface area contributed by atoms with Crippen molar-refractivity contribution in [1.82, 2.24) is 15.4 Å². The predicted molar refractivity (Wildman–Crippen MR) is 92.9 cm³/mol. The number of nitrogens with one attached hydrogen (secondary N) is 1. The number of nitrogens with zero attached hydrogens (tertiary/aromatic N) is 2. The standard InChI is InChI=1S/C19H25N3O2/c1-13(2)17-10-18(24-21-17)19(23)20-14(3)11-22-9-8-15-6-4-5-7-16(15)12-22/h4-7,10,13-14H,8-9,11-12H2,1-3H3,(H,20,23)/t14-/m0/s1. The van der Waals surface area contributed by atoms with Crippen molar-refractivity contribution in [3.8, 4) is 0 Å². The van der Waals surface area contributed by atoms with Crippen molar-refractivity contribution in [1.29, 1.82) is 0 Å². The molecule has 24 heavy (non-hydrogen) atoms. The molecule has 3 rings (SSSR count). The summed E-state index contributed by atoms with van der Waals surface area (Å²) in [6.45, 7) is 8.86. The second-order valence-corrected chi connectivity index (χ2v) is 6.90. The van der Waals surface area contributed by atoms with Crippen molar-refractivity contribution in [2.45, 2.75) is 45.7 Å². The molecule has 0 saturated carbocycles. The summed E-state index contributed by atoms with van der Waals surface area (Å²) >= 11 is 0. The first-order chi connectivity index (χ1) is 11.5. The number of rotatable bonds is 5. The molecule has 0 unspecified atom stereocenters. The highest BCUT2D eigenvalue weighted by atomic mass is 16.5. The molecule has 0 spiro atoms. The van der Waals surface area contributed by atoms with Crippen LogP contribution in [0.2, 0.25) is 0 Å². The fourth-order valence-electron chi connectivity index (χ4n) is 3.11. The zero-order valence-corrected chi connectivity index (χ0v) is 14.6. The first-order valence-corrected chi connectivity index (χ1v) is 8.59. The van der Waals surface area contributed by atoms with Gasteiger partial charge >= 0.3 is 0 Å². The molecule has 0 bridgehead atoms. The van der Waals surface area contributed by atoms with Gasteiger partial charge in [-0.3, -0.25) is 9.69 Å². The van der Waals surface area contributed by atoms with Gasteiger partial charge < -0.3 is 9.84 Å². The van der Waals surface area contributed by atoms with Crippen LogP contribution >= 0.6 is 0 Å². The maximum atomic E-state index is 12.3. The summed E-state index contributed by atoms with van der Waals surface area (Å²) in [6.07, 6.45) is 1.07. The van der Waals surface area contributed by atoms with Gasteiger partial charge in [0.05, 0.1) is 5.69 Å². The number of aromatic nitrogens is 1. The van der Waals surface area contributed by atoms with E-state index >= 15 is 0 Å². The maximum Gasteiger partial charge on any atom is 0.290 e. The average Bonchev–Trinajstić information content (AvgIpc) is 3.05. The van der Waals surface area contributed by atoms with E-state index in [2.05, 4.69) is 39.6 Å². The fraction of sp³-hybridized carbons (Fsp3) is 0.474. The molecule has 5 nitrogen and oxygen atoms in total. The van der Waals surface area contributed by atoms with Crippen molar-refractivity contribution in [3.05, 3.63) is 52.9 Å². The van der Waals surface area contributed by atoms with Crippen LogP contribution in [0.15, 0.2) is 34.9 Å². The van der Waals surface area contributed by atoms with Crippen LogP contribution in [-0.2, 0) is 13.0 Å². The lowest BCUT2D eigenvalue weighted by molar-refractivity contribution is 0.0889. The molecule has 1 aliphatic rings. The Balaban J connectivity index is 1.54. The van der Waals surface area contributed by atoms with Crippen molar-refractivity contribution < 1.29 is 9.32 Å². The largest absolute Gasteiger partial charge is 0.351 e. The van der Waals surface area contributed by atoms with Gasteiger partial charge in [0.2, 0.25) is 5.76 Å². The summed E-state index contributed by atoms with van der Waals surface area (Å²) in [7, 11) is 0. The van der Waals surface area contributed by atoms with Crippen LogP contribution in [0.5, 0.6) is 0 Å². The average molecular weight is 327 g/mol. The molecule has 0 radical (unpaired) electrons. The van der Waals surface area contributed by atoms with Gasteiger partial charge in [-0.05, 0) is 30.4 Å². The van der Waals surface area contributed by atoms with Gasteiger partial charge in [-0.2, -0.15) is 0 Å². The quantitative estimate of drug-likeness (QED) is 0.917. The monoisotopic (exact) mass is 327 g/mol. The van der Waals surface area contributed by atoms with Crippen molar-refractivity contribution in [2.75, 3.05) is 13.1 Å². The number of hydrogen-bond donors (Lipinski definition) is 1. The number of amides is 1. The highest BCUT2D eigenvalue weighted by Gasteiger charge is 2.20. The SMILES string of the molecule is CC(C)c1cc(C(=O)N[C@@H](C)CN2CCc3ccccc3C2)on1. The normalized spacial score (nSPS) is 16.0. The number of fused-ring (bicyclic) bond motifs is 1. The molecule has 1 N–H and O–H groups in total. The van der Waals surface area contributed by atoms with E-state index in [1.165, 1.54) is 11.1 Å². The van der Waals surface area contributed by atoms with Gasteiger partial charge in [-0.15, -0.1) is 0 Å². The lowest BCUT2D eigenvalue weighted by atomic mass is 10.00. The Bertz CT molecular complexity index is 708. The highest BCUT2D eigenvalue weighted by molar-refractivity contribution is 5.91. The van der Waals surface area contributed by atoms with E-state index < -0.39 is 0 Å². The Morgan fingerprint density at radius 2 is 2.04 bits per heavy atom. The summed E-state index contributed by atoms with van der Waals surface area (Å²) < 4.78 is 5.15. The molecule has 1 aliphatic heterocycles. The van der Waals surface area contributed by atoms with Gasteiger partial charge in [0.15, 0.2) is 0 Å². The number of carbonyl (C=O) groups excluding carboxylic acids is 1. The molecule has 0 aliphatic carbocycles. The number of benzene rings is 1. The van der Waals surface area contributed by atoms with E-state index in [0.29, 0.717) is 0 Å². The fourth-order valence-corrected chi connectivity index (χ4v) is 3.11. The summed E-state index contributed by atoms with van der Waals surface area (Å²) in [6, 6.07) is 10.4. The molecule has 0 saturated heterocycles. The molecule has 1 aromatic carbocycles. The molecule has 1 amide bonds. The Labute approximate surface area is 143 Å². The first kappa shape index (κ1) is 16.7. The van der Waals surface area contributed by atoms with Crippen LogP contribution < -0.4 is 5.32 Å². The molecule has 2 aromatic rings. The van der Waals surface area contributed by atoms with E-state index in [0.717, 1.165) is 31.7 Å². The highest BCUT2D eigenvalue weighted by Crippen LogP contribution is 2.18. The van der Waals surface area contributed by atoms with Crippen LogP contribution in [-0.4, -0.2) is 35.1 Å². The summed E-state index contributed by atoms with van der Waals surface area (Å²) in [5, 5.41) is 6.94. The van der Waals surface area contributed by atoms with Crippen molar-refractivity contribution >= 4 is 5.91 Å². The van der Waals surface area contributed by atoms with Crippen LogP contribution in [0, 0.1) is 0 Å². The third kappa shape index (κ3) is 3.85. The molecule has 1 aromatic heterocycles. The summed E-state index contributed by atoms with van der Waals surface area (Å²) in [4.78, 5) is 14.6. The Hall–Kier alpha value is -2.14. The second kappa shape index (κ2) is 7.18. The summed E-state index contributed by atoms with van der Waals surface area (Å²) in [5.41, 5.74) is 3.63. The van der Waals surface area contributed by atoms with Gasteiger partial charge in [-0.1, -0.05) is 43.3 Å². The van der Waals surface area contributed by atoms with E-state index in [9.17, 15) is 4.79 Å². The van der Waals surface area contributed by atoms with Crippen molar-refractivity contribution in [3.63, 3.8) is 0 Å². The third-order valence-electron chi connectivity index (χ3n) is 4.46. The first-order valence-electron chi connectivity index (χ1n) is 8.59. The molecular formula is C19H25N3O2. The predicted octanol–water partition coefficient (Wildman–Crippen LogP) is 2.97. The topological polar surface area (TPSA) is 58.4 Å². The van der Waals surface area contributed by atoms with Gasteiger partial charge in [0, 0.05) is 31.7 Å². The Morgan fingerprint density at radius 1 is 1.29 bits per heavy atom. The molecule has 2 heterocycles.